The van der Waals surface area contributed by atoms with Crippen LogP contribution in [0.4, 0.5) is 0 Å². The SMILES string of the molecule is CC[C@@H](O[Si](C)(C)C(C)(C)C)C(C)=O. The average molecular weight is 216 g/mol. The van der Waals surface area contributed by atoms with Crippen molar-refractivity contribution in [2.24, 2.45) is 0 Å². The molecule has 0 spiro atoms. The molecular weight excluding hydrogens is 192 g/mol. The first-order valence-electron chi connectivity index (χ1n) is 5.30. The Morgan fingerprint density at radius 2 is 1.79 bits per heavy atom. The Balaban J connectivity index is 4.56. The summed E-state index contributed by atoms with van der Waals surface area (Å²) in [5.74, 6) is 0.150. The molecule has 0 saturated carbocycles. The van der Waals surface area contributed by atoms with Crippen molar-refractivity contribution in [3.05, 3.63) is 0 Å². The van der Waals surface area contributed by atoms with Crippen LogP contribution in [0.5, 0.6) is 0 Å². The van der Waals surface area contributed by atoms with E-state index in [1.807, 2.05) is 6.92 Å². The van der Waals surface area contributed by atoms with E-state index in [9.17, 15) is 4.79 Å². The predicted molar refractivity (Wildman–Crippen MR) is 63.0 cm³/mol. The van der Waals surface area contributed by atoms with E-state index >= 15 is 0 Å². The van der Waals surface area contributed by atoms with Gasteiger partial charge in [-0.25, -0.2) is 0 Å². The highest BCUT2D eigenvalue weighted by Crippen LogP contribution is 2.37. The molecule has 0 radical (unpaired) electrons. The highest BCUT2D eigenvalue weighted by molar-refractivity contribution is 6.74. The van der Waals surface area contributed by atoms with Crippen LogP contribution in [0.25, 0.3) is 0 Å². The minimum atomic E-state index is -1.77. The number of carbonyl (C=O) groups is 1. The summed E-state index contributed by atoms with van der Waals surface area (Å²) < 4.78 is 6.00. The third-order valence-corrected chi connectivity index (χ3v) is 7.55. The molecule has 0 aromatic carbocycles. The summed E-state index contributed by atoms with van der Waals surface area (Å²) in [7, 11) is -1.77. The maximum atomic E-state index is 11.3. The lowest BCUT2D eigenvalue weighted by Crippen LogP contribution is -2.45. The largest absolute Gasteiger partial charge is 0.407 e. The van der Waals surface area contributed by atoms with Crippen molar-refractivity contribution in [2.75, 3.05) is 0 Å². The molecule has 0 bridgehead atoms. The van der Waals surface area contributed by atoms with Gasteiger partial charge in [-0.15, -0.1) is 0 Å². The molecule has 0 aliphatic heterocycles. The highest BCUT2D eigenvalue weighted by Gasteiger charge is 2.39. The topological polar surface area (TPSA) is 26.3 Å². The third kappa shape index (κ3) is 3.54. The molecule has 0 amide bonds. The summed E-state index contributed by atoms with van der Waals surface area (Å²) in [6, 6.07) is 0. The zero-order valence-electron chi connectivity index (χ0n) is 10.6. The summed E-state index contributed by atoms with van der Waals surface area (Å²) in [5.41, 5.74) is 0. The smallest absolute Gasteiger partial charge is 0.193 e. The van der Waals surface area contributed by atoms with Crippen molar-refractivity contribution in [2.45, 2.75) is 65.3 Å². The van der Waals surface area contributed by atoms with Gasteiger partial charge in [0, 0.05) is 0 Å². The van der Waals surface area contributed by atoms with Crippen LogP contribution < -0.4 is 0 Å². The number of Topliss-reactive ketones (excluding diaryl/α,β-unsaturated/α-hetero) is 1. The molecule has 14 heavy (non-hydrogen) atoms. The molecule has 0 heterocycles. The highest BCUT2D eigenvalue weighted by atomic mass is 28.4. The van der Waals surface area contributed by atoms with Gasteiger partial charge in [-0.05, 0) is 31.5 Å². The van der Waals surface area contributed by atoms with Gasteiger partial charge in [-0.1, -0.05) is 27.7 Å². The molecule has 84 valence electrons. The summed E-state index contributed by atoms with van der Waals surface area (Å²) >= 11 is 0. The number of hydrogen-bond donors (Lipinski definition) is 0. The van der Waals surface area contributed by atoms with E-state index in [-0.39, 0.29) is 16.9 Å². The van der Waals surface area contributed by atoms with Gasteiger partial charge in [0.2, 0.25) is 0 Å². The van der Waals surface area contributed by atoms with Crippen LogP contribution in [-0.4, -0.2) is 20.2 Å². The number of carbonyl (C=O) groups excluding carboxylic acids is 1. The lowest BCUT2D eigenvalue weighted by molar-refractivity contribution is -0.124. The van der Waals surface area contributed by atoms with Crippen LogP contribution in [0.15, 0.2) is 0 Å². The molecule has 3 heteroatoms. The van der Waals surface area contributed by atoms with E-state index in [0.717, 1.165) is 6.42 Å². The molecule has 0 aliphatic carbocycles. The second kappa shape index (κ2) is 4.58. The van der Waals surface area contributed by atoms with Crippen molar-refractivity contribution in [1.29, 1.82) is 0 Å². The Morgan fingerprint density at radius 1 is 1.36 bits per heavy atom. The Labute approximate surface area is 89.2 Å². The van der Waals surface area contributed by atoms with Gasteiger partial charge in [0.1, 0.15) is 6.10 Å². The summed E-state index contributed by atoms with van der Waals surface area (Å²) in [6.07, 6.45) is 0.581. The number of rotatable bonds is 4. The zero-order chi connectivity index (χ0) is 11.6. The van der Waals surface area contributed by atoms with Gasteiger partial charge in [0.15, 0.2) is 14.1 Å². The molecule has 0 aromatic rings. The second-order valence-electron chi connectivity index (χ2n) is 5.39. The first-order chi connectivity index (χ1) is 6.12. The van der Waals surface area contributed by atoms with E-state index in [4.69, 9.17) is 4.43 Å². The van der Waals surface area contributed by atoms with Crippen molar-refractivity contribution in [3.8, 4) is 0 Å². The van der Waals surface area contributed by atoms with Gasteiger partial charge < -0.3 is 4.43 Å². The Bertz CT molecular complexity index is 204. The normalized spacial score (nSPS) is 15.4. The van der Waals surface area contributed by atoms with E-state index in [2.05, 4.69) is 33.9 Å². The minimum absolute atomic E-state index is 0.150. The average Bonchev–Trinajstić information content (AvgIpc) is 1.97. The van der Waals surface area contributed by atoms with Crippen LogP contribution in [0.2, 0.25) is 18.1 Å². The van der Waals surface area contributed by atoms with Crippen LogP contribution in [-0.2, 0) is 9.22 Å². The Morgan fingerprint density at radius 3 is 2.00 bits per heavy atom. The Hall–Kier alpha value is -0.153. The first kappa shape index (κ1) is 13.8. The van der Waals surface area contributed by atoms with Crippen LogP contribution in [0.3, 0.4) is 0 Å². The van der Waals surface area contributed by atoms with Gasteiger partial charge in [0.05, 0.1) is 0 Å². The van der Waals surface area contributed by atoms with Crippen LogP contribution in [0, 0.1) is 0 Å². The molecule has 2 nitrogen and oxygen atoms in total. The lowest BCUT2D eigenvalue weighted by Gasteiger charge is -2.38. The van der Waals surface area contributed by atoms with Gasteiger partial charge in [-0.2, -0.15) is 0 Å². The monoisotopic (exact) mass is 216 g/mol. The molecule has 0 unspecified atom stereocenters. The Kier molecular flexibility index (Phi) is 4.53. The molecule has 0 saturated heterocycles. The quantitative estimate of drug-likeness (QED) is 0.673. The standard InChI is InChI=1S/C11H24O2Si/c1-8-10(9(2)12)13-14(6,7)11(3,4)5/h10H,8H2,1-7H3/t10-/m1/s1. The van der Waals surface area contributed by atoms with Crippen LogP contribution >= 0.6 is 0 Å². The molecular formula is C11H24O2Si. The van der Waals surface area contributed by atoms with Gasteiger partial charge >= 0.3 is 0 Å². The zero-order valence-corrected chi connectivity index (χ0v) is 11.6. The lowest BCUT2D eigenvalue weighted by atomic mass is 10.2. The summed E-state index contributed by atoms with van der Waals surface area (Å²) in [5, 5.41) is 0.176. The minimum Gasteiger partial charge on any atom is -0.407 e. The molecule has 0 aromatic heterocycles. The number of ketones is 1. The van der Waals surface area contributed by atoms with E-state index in [0.29, 0.717) is 0 Å². The van der Waals surface area contributed by atoms with Crippen molar-refractivity contribution in [3.63, 3.8) is 0 Å². The number of hydrogen-bond acceptors (Lipinski definition) is 2. The fourth-order valence-electron chi connectivity index (χ4n) is 0.986. The van der Waals surface area contributed by atoms with Gasteiger partial charge in [-0.3, -0.25) is 4.79 Å². The summed E-state index contributed by atoms with van der Waals surface area (Å²) in [6.45, 7) is 14.5. The maximum absolute atomic E-state index is 11.3. The second-order valence-corrected chi connectivity index (χ2v) is 10.1. The molecule has 1 atom stereocenters. The van der Waals surface area contributed by atoms with E-state index < -0.39 is 8.32 Å². The fourth-order valence-corrected chi connectivity index (χ4v) is 2.38. The molecule has 0 aliphatic rings. The van der Waals surface area contributed by atoms with E-state index in [1.165, 1.54) is 0 Å². The molecule has 0 fully saturated rings. The van der Waals surface area contributed by atoms with E-state index in [1.54, 1.807) is 6.92 Å². The van der Waals surface area contributed by atoms with Crippen molar-refractivity contribution in [1.82, 2.24) is 0 Å². The van der Waals surface area contributed by atoms with Crippen molar-refractivity contribution < 1.29 is 9.22 Å². The van der Waals surface area contributed by atoms with Crippen molar-refractivity contribution >= 4 is 14.1 Å². The van der Waals surface area contributed by atoms with Gasteiger partial charge in [0.25, 0.3) is 0 Å². The summed E-state index contributed by atoms with van der Waals surface area (Å²) in [4.78, 5) is 11.3. The maximum Gasteiger partial charge on any atom is 0.193 e. The predicted octanol–water partition coefficient (Wildman–Crippen LogP) is 3.38. The fraction of sp³-hybridized carbons (Fsp3) is 0.909. The third-order valence-electron chi connectivity index (χ3n) is 3.07. The molecule has 0 N–H and O–H groups in total. The molecule has 0 rings (SSSR count). The first-order valence-corrected chi connectivity index (χ1v) is 8.21. The van der Waals surface area contributed by atoms with Crippen LogP contribution in [0.1, 0.15) is 41.0 Å².